The molecule has 17 heavy (non-hydrogen) atoms. The third kappa shape index (κ3) is 3.19. The number of aliphatic carboxylic acids is 1. The maximum atomic E-state index is 12.3. The third-order valence-electron chi connectivity index (χ3n) is 3.26. The molecule has 0 spiro atoms. The van der Waals surface area contributed by atoms with Crippen LogP contribution >= 0.6 is 0 Å². The minimum Gasteiger partial charge on any atom is -0.481 e. The Bertz CT molecular complexity index is 297. The molecule has 1 N–H and O–H groups in total. The quantitative estimate of drug-likeness (QED) is 0.786. The van der Waals surface area contributed by atoms with Crippen LogP contribution in [-0.4, -0.2) is 47.2 Å². The van der Waals surface area contributed by atoms with Crippen molar-refractivity contribution in [1.29, 1.82) is 0 Å². The van der Waals surface area contributed by atoms with Crippen LogP contribution in [0, 0.1) is 5.92 Å². The van der Waals surface area contributed by atoms with E-state index in [0.29, 0.717) is 19.6 Å². The van der Waals surface area contributed by atoms with E-state index in [-0.39, 0.29) is 12.5 Å². The second-order valence-electron chi connectivity index (χ2n) is 4.77. The molecule has 1 saturated heterocycles. The maximum Gasteiger partial charge on any atom is 0.308 e. The summed E-state index contributed by atoms with van der Waals surface area (Å²) >= 11 is 0. The minimum absolute atomic E-state index is 0.0920. The molecule has 0 saturated carbocycles. The molecule has 0 aromatic heterocycles. The number of hydrogen-bond acceptors (Lipinski definition) is 3. The van der Waals surface area contributed by atoms with Crippen LogP contribution in [0.1, 0.15) is 33.6 Å². The molecule has 1 aliphatic rings. The van der Waals surface area contributed by atoms with Gasteiger partial charge in [0, 0.05) is 19.7 Å². The largest absolute Gasteiger partial charge is 0.481 e. The third-order valence-corrected chi connectivity index (χ3v) is 3.26. The van der Waals surface area contributed by atoms with E-state index in [9.17, 15) is 9.59 Å². The molecule has 1 fully saturated rings. The molecule has 0 aromatic carbocycles. The van der Waals surface area contributed by atoms with Crippen LogP contribution in [0.25, 0.3) is 0 Å². The lowest BCUT2D eigenvalue weighted by Gasteiger charge is -2.31. The first-order valence-corrected chi connectivity index (χ1v) is 6.07. The average Bonchev–Trinajstić information content (AvgIpc) is 2.72. The molecule has 2 atom stereocenters. The van der Waals surface area contributed by atoms with Gasteiger partial charge in [-0.2, -0.15) is 0 Å². The number of carbonyl (C=O) groups is 2. The van der Waals surface area contributed by atoms with E-state index >= 15 is 0 Å². The van der Waals surface area contributed by atoms with Crippen molar-refractivity contribution in [2.24, 2.45) is 5.92 Å². The SMILES string of the molecule is CCN(CC(C)C(=O)O)C(=O)C1(C)CCCO1. The highest BCUT2D eigenvalue weighted by Crippen LogP contribution is 2.27. The smallest absolute Gasteiger partial charge is 0.308 e. The summed E-state index contributed by atoms with van der Waals surface area (Å²) in [4.78, 5) is 24.6. The number of rotatable bonds is 5. The predicted octanol–water partition coefficient (Wildman–Crippen LogP) is 1.12. The van der Waals surface area contributed by atoms with Crippen LogP contribution in [0.2, 0.25) is 0 Å². The number of carboxylic acids is 1. The first kappa shape index (κ1) is 14.0. The zero-order valence-electron chi connectivity index (χ0n) is 10.7. The van der Waals surface area contributed by atoms with Crippen molar-refractivity contribution in [1.82, 2.24) is 4.90 Å². The summed E-state index contributed by atoms with van der Waals surface area (Å²) in [6.07, 6.45) is 1.60. The van der Waals surface area contributed by atoms with Crippen LogP contribution in [-0.2, 0) is 14.3 Å². The molecule has 2 unspecified atom stereocenters. The molecule has 0 aromatic rings. The van der Waals surface area contributed by atoms with Gasteiger partial charge in [-0.3, -0.25) is 9.59 Å². The second kappa shape index (κ2) is 5.49. The minimum atomic E-state index is -0.881. The zero-order valence-corrected chi connectivity index (χ0v) is 10.7. The van der Waals surface area contributed by atoms with Gasteiger partial charge in [-0.25, -0.2) is 0 Å². The van der Waals surface area contributed by atoms with Crippen molar-refractivity contribution >= 4 is 11.9 Å². The summed E-state index contributed by atoms with van der Waals surface area (Å²) in [7, 11) is 0. The monoisotopic (exact) mass is 243 g/mol. The standard InChI is InChI=1S/C12H21NO4/c1-4-13(8-9(2)10(14)15)11(16)12(3)6-5-7-17-12/h9H,4-8H2,1-3H3,(H,14,15). The van der Waals surface area contributed by atoms with Gasteiger partial charge < -0.3 is 14.7 Å². The van der Waals surface area contributed by atoms with Crippen LogP contribution in [0.5, 0.6) is 0 Å². The van der Waals surface area contributed by atoms with E-state index < -0.39 is 17.5 Å². The summed E-state index contributed by atoms with van der Waals surface area (Å²) in [5.74, 6) is -1.52. The summed E-state index contributed by atoms with van der Waals surface area (Å²) in [6, 6.07) is 0. The molecule has 5 nitrogen and oxygen atoms in total. The normalized spacial score (nSPS) is 25.6. The van der Waals surface area contributed by atoms with E-state index in [1.165, 1.54) is 0 Å². The highest BCUT2D eigenvalue weighted by Gasteiger charge is 2.40. The van der Waals surface area contributed by atoms with Gasteiger partial charge in [0.2, 0.25) is 0 Å². The lowest BCUT2D eigenvalue weighted by Crippen LogP contribution is -2.48. The predicted molar refractivity (Wildman–Crippen MR) is 62.6 cm³/mol. The molecular formula is C12H21NO4. The summed E-state index contributed by atoms with van der Waals surface area (Å²) in [5, 5.41) is 8.87. The van der Waals surface area contributed by atoms with Gasteiger partial charge in [0.05, 0.1) is 5.92 Å². The van der Waals surface area contributed by atoms with Crippen molar-refractivity contribution in [3.8, 4) is 0 Å². The molecule has 1 heterocycles. The molecule has 1 rings (SSSR count). The van der Waals surface area contributed by atoms with E-state index in [1.807, 2.05) is 6.92 Å². The fourth-order valence-corrected chi connectivity index (χ4v) is 2.05. The van der Waals surface area contributed by atoms with Gasteiger partial charge in [0.1, 0.15) is 5.60 Å². The molecule has 98 valence electrons. The fraction of sp³-hybridized carbons (Fsp3) is 0.833. The Labute approximate surface area is 102 Å². The number of ether oxygens (including phenoxy) is 1. The van der Waals surface area contributed by atoms with Gasteiger partial charge >= 0.3 is 5.97 Å². The van der Waals surface area contributed by atoms with Gasteiger partial charge in [-0.05, 0) is 26.7 Å². The van der Waals surface area contributed by atoms with Gasteiger partial charge in [0.15, 0.2) is 0 Å². The van der Waals surface area contributed by atoms with Crippen LogP contribution in [0.15, 0.2) is 0 Å². The van der Waals surface area contributed by atoms with Crippen molar-refractivity contribution in [3.05, 3.63) is 0 Å². The average molecular weight is 243 g/mol. The summed E-state index contributed by atoms with van der Waals surface area (Å²) < 4.78 is 5.49. The Morgan fingerprint density at radius 2 is 2.18 bits per heavy atom. The van der Waals surface area contributed by atoms with E-state index in [4.69, 9.17) is 9.84 Å². The van der Waals surface area contributed by atoms with Crippen molar-refractivity contribution in [3.63, 3.8) is 0 Å². The van der Waals surface area contributed by atoms with Gasteiger partial charge in [-0.15, -0.1) is 0 Å². The van der Waals surface area contributed by atoms with E-state index in [0.717, 1.165) is 6.42 Å². The number of carbonyl (C=O) groups excluding carboxylic acids is 1. The number of hydrogen-bond donors (Lipinski definition) is 1. The lowest BCUT2D eigenvalue weighted by molar-refractivity contribution is -0.153. The van der Waals surface area contributed by atoms with E-state index in [1.54, 1.807) is 18.7 Å². The van der Waals surface area contributed by atoms with Crippen molar-refractivity contribution < 1.29 is 19.4 Å². The molecular weight excluding hydrogens is 222 g/mol. The Morgan fingerprint density at radius 3 is 2.59 bits per heavy atom. The maximum absolute atomic E-state index is 12.3. The highest BCUT2D eigenvalue weighted by atomic mass is 16.5. The number of carboxylic acid groups (broad SMARTS) is 1. The van der Waals surface area contributed by atoms with Gasteiger partial charge in [0.25, 0.3) is 5.91 Å². The Morgan fingerprint density at radius 1 is 1.53 bits per heavy atom. The number of likely N-dealkylation sites (N-methyl/N-ethyl adjacent to an activating group) is 1. The number of amides is 1. The van der Waals surface area contributed by atoms with Gasteiger partial charge in [-0.1, -0.05) is 6.92 Å². The van der Waals surface area contributed by atoms with Crippen molar-refractivity contribution in [2.75, 3.05) is 19.7 Å². The molecule has 1 amide bonds. The second-order valence-corrected chi connectivity index (χ2v) is 4.77. The fourth-order valence-electron chi connectivity index (χ4n) is 2.05. The topological polar surface area (TPSA) is 66.8 Å². The summed E-state index contributed by atoms with van der Waals surface area (Å²) in [6.45, 7) is 6.60. The van der Waals surface area contributed by atoms with Crippen LogP contribution < -0.4 is 0 Å². The molecule has 5 heteroatoms. The first-order chi connectivity index (χ1) is 7.90. The first-order valence-electron chi connectivity index (χ1n) is 6.07. The highest BCUT2D eigenvalue weighted by molar-refractivity contribution is 5.85. The van der Waals surface area contributed by atoms with Crippen molar-refractivity contribution in [2.45, 2.75) is 39.2 Å². The zero-order chi connectivity index (χ0) is 13.1. The Hall–Kier alpha value is -1.10. The van der Waals surface area contributed by atoms with Crippen LogP contribution in [0.4, 0.5) is 0 Å². The lowest BCUT2D eigenvalue weighted by atomic mass is 10.00. The summed E-state index contributed by atoms with van der Waals surface area (Å²) in [5.41, 5.74) is -0.756. The molecule has 1 aliphatic heterocycles. The molecule has 0 radical (unpaired) electrons. The molecule has 0 aliphatic carbocycles. The Balaban J connectivity index is 2.67. The molecule has 0 bridgehead atoms. The van der Waals surface area contributed by atoms with E-state index in [2.05, 4.69) is 0 Å². The number of nitrogens with zero attached hydrogens (tertiary/aromatic N) is 1. The van der Waals surface area contributed by atoms with Crippen LogP contribution in [0.3, 0.4) is 0 Å². The Kier molecular flexibility index (Phi) is 4.51.